The van der Waals surface area contributed by atoms with Crippen molar-refractivity contribution in [3.63, 3.8) is 0 Å². The van der Waals surface area contributed by atoms with Crippen molar-refractivity contribution in [3.8, 4) is 0 Å². The summed E-state index contributed by atoms with van der Waals surface area (Å²) in [5.41, 5.74) is 7.34. The first-order valence-corrected chi connectivity index (χ1v) is 5.31. The predicted molar refractivity (Wildman–Crippen MR) is 66.1 cm³/mol. The van der Waals surface area contributed by atoms with Crippen molar-refractivity contribution in [1.29, 1.82) is 0 Å². The second kappa shape index (κ2) is 5.63. The summed E-state index contributed by atoms with van der Waals surface area (Å²) < 4.78 is 0. The van der Waals surface area contributed by atoms with Gasteiger partial charge < -0.3 is 11.1 Å². The van der Waals surface area contributed by atoms with Crippen molar-refractivity contribution >= 4 is 11.6 Å². The molecule has 1 atom stereocenters. The van der Waals surface area contributed by atoms with E-state index < -0.39 is 0 Å². The van der Waals surface area contributed by atoms with E-state index in [-0.39, 0.29) is 11.9 Å². The van der Waals surface area contributed by atoms with Gasteiger partial charge in [-0.3, -0.25) is 9.69 Å². The molecule has 4 heteroatoms. The van der Waals surface area contributed by atoms with Gasteiger partial charge in [0.25, 0.3) is 0 Å². The Kier molecular flexibility index (Phi) is 4.46. The van der Waals surface area contributed by atoms with E-state index in [0.717, 1.165) is 11.3 Å². The van der Waals surface area contributed by atoms with E-state index in [0.29, 0.717) is 6.54 Å². The molecule has 0 bridgehead atoms. The van der Waals surface area contributed by atoms with E-state index >= 15 is 0 Å². The molecule has 0 aromatic heterocycles. The second-order valence-electron chi connectivity index (χ2n) is 3.99. The SMILES string of the molecule is CC(C(=O)Nc1ccccc1CN)N(C)C. The summed E-state index contributed by atoms with van der Waals surface area (Å²) in [7, 11) is 3.75. The minimum Gasteiger partial charge on any atom is -0.326 e. The van der Waals surface area contributed by atoms with Crippen LogP contribution in [0.15, 0.2) is 24.3 Å². The number of amides is 1. The lowest BCUT2D eigenvalue weighted by Gasteiger charge is -2.19. The number of para-hydroxylation sites is 1. The van der Waals surface area contributed by atoms with Gasteiger partial charge in [0, 0.05) is 12.2 Å². The Morgan fingerprint density at radius 3 is 2.62 bits per heavy atom. The number of anilines is 1. The van der Waals surface area contributed by atoms with Crippen molar-refractivity contribution in [2.75, 3.05) is 19.4 Å². The molecule has 0 fully saturated rings. The number of carbonyl (C=O) groups is 1. The fourth-order valence-corrected chi connectivity index (χ4v) is 1.29. The van der Waals surface area contributed by atoms with Crippen LogP contribution in [0, 0.1) is 0 Å². The van der Waals surface area contributed by atoms with Crippen LogP contribution < -0.4 is 11.1 Å². The van der Waals surface area contributed by atoms with Gasteiger partial charge in [-0.2, -0.15) is 0 Å². The lowest BCUT2D eigenvalue weighted by atomic mass is 10.1. The molecule has 3 N–H and O–H groups in total. The summed E-state index contributed by atoms with van der Waals surface area (Å²) in [5, 5.41) is 2.88. The number of nitrogens with one attached hydrogen (secondary N) is 1. The van der Waals surface area contributed by atoms with Gasteiger partial charge in [-0.15, -0.1) is 0 Å². The first-order chi connectivity index (χ1) is 7.56. The van der Waals surface area contributed by atoms with Crippen molar-refractivity contribution < 1.29 is 4.79 Å². The predicted octanol–water partition coefficient (Wildman–Crippen LogP) is 1.03. The highest BCUT2D eigenvalue weighted by Gasteiger charge is 2.15. The maximum absolute atomic E-state index is 11.8. The van der Waals surface area contributed by atoms with Gasteiger partial charge in [0.15, 0.2) is 0 Å². The van der Waals surface area contributed by atoms with Crippen LogP contribution in [0.3, 0.4) is 0 Å². The van der Waals surface area contributed by atoms with Crippen LogP contribution in [0.2, 0.25) is 0 Å². The Bertz CT molecular complexity index is 363. The quantitative estimate of drug-likeness (QED) is 0.798. The van der Waals surface area contributed by atoms with Gasteiger partial charge in [-0.1, -0.05) is 18.2 Å². The van der Waals surface area contributed by atoms with Crippen molar-refractivity contribution in [1.82, 2.24) is 4.90 Å². The lowest BCUT2D eigenvalue weighted by molar-refractivity contribution is -0.119. The third-order valence-electron chi connectivity index (χ3n) is 2.65. The Morgan fingerprint density at radius 2 is 2.06 bits per heavy atom. The summed E-state index contributed by atoms with van der Waals surface area (Å²) in [6, 6.07) is 7.41. The normalized spacial score (nSPS) is 12.6. The smallest absolute Gasteiger partial charge is 0.241 e. The minimum absolute atomic E-state index is 0.0223. The molecule has 4 nitrogen and oxygen atoms in total. The number of carbonyl (C=O) groups excluding carboxylic acids is 1. The van der Waals surface area contributed by atoms with Crippen LogP contribution in [0.4, 0.5) is 5.69 Å². The highest BCUT2D eigenvalue weighted by molar-refractivity contribution is 5.95. The average molecular weight is 221 g/mol. The van der Waals surface area contributed by atoms with Crippen LogP contribution in [0.25, 0.3) is 0 Å². The van der Waals surface area contributed by atoms with Gasteiger partial charge >= 0.3 is 0 Å². The maximum atomic E-state index is 11.8. The third-order valence-corrected chi connectivity index (χ3v) is 2.65. The summed E-state index contributed by atoms with van der Waals surface area (Å²) in [6.07, 6.45) is 0. The molecule has 0 saturated heterocycles. The molecular weight excluding hydrogens is 202 g/mol. The summed E-state index contributed by atoms with van der Waals surface area (Å²) in [6.45, 7) is 2.28. The molecular formula is C12H19N3O. The van der Waals surface area contributed by atoms with E-state index in [1.54, 1.807) is 0 Å². The molecule has 1 aromatic rings. The summed E-state index contributed by atoms with van der Waals surface area (Å²) in [5.74, 6) is -0.0223. The van der Waals surface area contributed by atoms with E-state index in [2.05, 4.69) is 5.32 Å². The molecule has 0 saturated carbocycles. The van der Waals surface area contributed by atoms with Gasteiger partial charge in [0.2, 0.25) is 5.91 Å². The summed E-state index contributed by atoms with van der Waals surface area (Å²) in [4.78, 5) is 13.7. The number of likely N-dealkylation sites (N-methyl/N-ethyl adjacent to an activating group) is 1. The molecule has 0 aliphatic carbocycles. The largest absolute Gasteiger partial charge is 0.326 e. The number of nitrogens with zero attached hydrogens (tertiary/aromatic N) is 1. The van der Waals surface area contributed by atoms with E-state index in [1.807, 2.05) is 50.2 Å². The van der Waals surface area contributed by atoms with Gasteiger partial charge in [0.1, 0.15) is 0 Å². The van der Waals surface area contributed by atoms with E-state index in [1.165, 1.54) is 0 Å². The number of nitrogens with two attached hydrogens (primary N) is 1. The van der Waals surface area contributed by atoms with Crippen molar-refractivity contribution in [2.24, 2.45) is 5.73 Å². The Morgan fingerprint density at radius 1 is 1.44 bits per heavy atom. The molecule has 0 aliphatic heterocycles. The first-order valence-electron chi connectivity index (χ1n) is 5.31. The number of benzene rings is 1. The molecule has 16 heavy (non-hydrogen) atoms. The molecule has 1 unspecified atom stereocenters. The van der Waals surface area contributed by atoms with Crippen molar-refractivity contribution in [3.05, 3.63) is 29.8 Å². The zero-order valence-corrected chi connectivity index (χ0v) is 10.0. The minimum atomic E-state index is -0.161. The van der Waals surface area contributed by atoms with Crippen molar-refractivity contribution in [2.45, 2.75) is 19.5 Å². The van der Waals surface area contributed by atoms with Crippen LogP contribution in [0.5, 0.6) is 0 Å². The van der Waals surface area contributed by atoms with Gasteiger partial charge in [-0.25, -0.2) is 0 Å². The van der Waals surface area contributed by atoms with Gasteiger partial charge in [-0.05, 0) is 32.6 Å². The fraction of sp³-hybridized carbons (Fsp3) is 0.417. The van der Waals surface area contributed by atoms with Crippen LogP contribution in [-0.2, 0) is 11.3 Å². The highest BCUT2D eigenvalue weighted by atomic mass is 16.2. The zero-order chi connectivity index (χ0) is 12.1. The molecule has 88 valence electrons. The highest BCUT2D eigenvalue weighted by Crippen LogP contribution is 2.14. The van der Waals surface area contributed by atoms with Gasteiger partial charge in [0.05, 0.1) is 6.04 Å². The molecule has 1 amide bonds. The Labute approximate surface area is 96.4 Å². The third kappa shape index (κ3) is 3.05. The number of hydrogen-bond donors (Lipinski definition) is 2. The Balaban J connectivity index is 2.76. The standard InChI is InChI=1S/C12H19N3O/c1-9(15(2)3)12(16)14-11-7-5-4-6-10(11)8-13/h4-7,9H,8,13H2,1-3H3,(H,14,16). The zero-order valence-electron chi connectivity index (χ0n) is 10.0. The molecule has 0 heterocycles. The number of hydrogen-bond acceptors (Lipinski definition) is 3. The molecule has 0 spiro atoms. The average Bonchev–Trinajstić information content (AvgIpc) is 2.28. The van der Waals surface area contributed by atoms with Crippen LogP contribution >= 0.6 is 0 Å². The first kappa shape index (κ1) is 12.7. The summed E-state index contributed by atoms with van der Waals surface area (Å²) >= 11 is 0. The maximum Gasteiger partial charge on any atom is 0.241 e. The monoisotopic (exact) mass is 221 g/mol. The second-order valence-corrected chi connectivity index (χ2v) is 3.99. The van der Waals surface area contributed by atoms with Crippen LogP contribution in [0.1, 0.15) is 12.5 Å². The molecule has 0 radical (unpaired) electrons. The topological polar surface area (TPSA) is 58.4 Å². The fourth-order valence-electron chi connectivity index (χ4n) is 1.29. The van der Waals surface area contributed by atoms with Crippen LogP contribution in [-0.4, -0.2) is 30.9 Å². The Hall–Kier alpha value is -1.39. The lowest BCUT2D eigenvalue weighted by Crippen LogP contribution is -2.37. The molecule has 1 aromatic carbocycles. The number of rotatable bonds is 4. The molecule has 1 rings (SSSR count). The molecule has 0 aliphatic rings. The van der Waals surface area contributed by atoms with E-state index in [4.69, 9.17) is 5.73 Å². The van der Waals surface area contributed by atoms with E-state index in [9.17, 15) is 4.79 Å².